The third-order valence-electron chi connectivity index (χ3n) is 3.79. The highest BCUT2D eigenvalue weighted by atomic mass is 32.1. The van der Waals surface area contributed by atoms with Gasteiger partial charge in [-0.25, -0.2) is 23.5 Å². The normalized spacial score (nSPS) is 20.4. The Labute approximate surface area is 135 Å². The summed E-state index contributed by atoms with van der Waals surface area (Å²) in [6.45, 7) is 1.71. The van der Waals surface area contributed by atoms with E-state index in [2.05, 4.69) is 20.2 Å². The maximum Gasteiger partial charge on any atom is 0.350 e. The standard InChI is InChI=1S/C14H16F2N4O2S/c1-8-10(23-12(19-8)11-17-7-18-20-11)13(21)22-6-9-3-2-4-14(15,16)5-9/h7,9H,2-6H2,1H3,(H,17,18,20)/t9-/m1/s1. The van der Waals surface area contributed by atoms with Gasteiger partial charge in [-0.05, 0) is 25.7 Å². The summed E-state index contributed by atoms with van der Waals surface area (Å²) in [5.41, 5.74) is 0.528. The van der Waals surface area contributed by atoms with Crippen LogP contribution in [0.25, 0.3) is 10.8 Å². The second-order valence-electron chi connectivity index (χ2n) is 5.68. The van der Waals surface area contributed by atoms with Crippen molar-refractivity contribution in [2.45, 2.75) is 38.5 Å². The lowest BCUT2D eigenvalue weighted by Crippen LogP contribution is -2.29. The molecule has 0 aromatic carbocycles. The summed E-state index contributed by atoms with van der Waals surface area (Å²) in [7, 11) is 0. The lowest BCUT2D eigenvalue weighted by Gasteiger charge is -2.28. The van der Waals surface area contributed by atoms with Crippen LogP contribution in [0.2, 0.25) is 0 Å². The van der Waals surface area contributed by atoms with Gasteiger partial charge in [0.05, 0.1) is 12.3 Å². The second kappa shape index (κ2) is 6.31. The van der Waals surface area contributed by atoms with Gasteiger partial charge in [0, 0.05) is 12.8 Å². The maximum absolute atomic E-state index is 13.4. The first-order chi connectivity index (χ1) is 10.9. The number of alkyl halides is 2. The van der Waals surface area contributed by atoms with Gasteiger partial charge in [-0.1, -0.05) is 0 Å². The number of aryl methyl sites for hydroxylation is 1. The summed E-state index contributed by atoms with van der Waals surface area (Å²) in [4.78, 5) is 20.8. The molecule has 2 aromatic heterocycles. The van der Waals surface area contributed by atoms with Crippen LogP contribution in [-0.2, 0) is 4.74 Å². The highest BCUT2D eigenvalue weighted by Gasteiger charge is 2.36. The number of thiazole rings is 1. The van der Waals surface area contributed by atoms with Gasteiger partial charge in [-0.3, -0.25) is 5.10 Å². The molecule has 1 atom stereocenters. The quantitative estimate of drug-likeness (QED) is 0.863. The fourth-order valence-electron chi connectivity index (χ4n) is 2.67. The van der Waals surface area contributed by atoms with Crippen molar-refractivity contribution >= 4 is 17.3 Å². The van der Waals surface area contributed by atoms with Crippen LogP contribution < -0.4 is 0 Å². The van der Waals surface area contributed by atoms with Crippen molar-refractivity contribution in [3.8, 4) is 10.8 Å². The third-order valence-corrected chi connectivity index (χ3v) is 4.94. The van der Waals surface area contributed by atoms with E-state index in [1.54, 1.807) is 6.92 Å². The van der Waals surface area contributed by atoms with E-state index in [1.165, 1.54) is 6.33 Å². The van der Waals surface area contributed by atoms with E-state index in [0.29, 0.717) is 34.2 Å². The molecule has 1 fully saturated rings. The average Bonchev–Trinajstić information content (AvgIpc) is 3.13. The Balaban J connectivity index is 1.62. The lowest BCUT2D eigenvalue weighted by atomic mass is 9.87. The van der Waals surface area contributed by atoms with Crippen molar-refractivity contribution in [1.29, 1.82) is 0 Å². The number of hydrogen-bond donors (Lipinski definition) is 1. The van der Waals surface area contributed by atoms with E-state index < -0.39 is 11.9 Å². The molecule has 0 radical (unpaired) electrons. The van der Waals surface area contributed by atoms with Gasteiger partial charge < -0.3 is 4.74 Å². The Morgan fingerprint density at radius 3 is 3.09 bits per heavy atom. The number of ether oxygens (including phenoxy) is 1. The van der Waals surface area contributed by atoms with Gasteiger partial charge in [-0.15, -0.1) is 11.3 Å². The zero-order valence-electron chi connectivity index (χ0n) is 12.5. The Hall–Kier alpha value is -1.90. The molecule has 1 aliphatic rings. The molecule has 0 unspecified atom stereocenters. The van der Waals surface area contributed by atoms with Gasteiger partial charge in [0.15, 0.2) is 10.8 Å². The van der Waals surface area contributed by atoms with E-state index in [0.717, 1.165) is 11.3 Å². The minimum Gasteiger partial charge on any atom is -0.461 e. The van der Waals surface area contributed by atoms with Crippen LogP contribution in [0.1, 0.15) is 41.0 Å². The molecule has 2 aromatic rings. The maximum atomic E-state index is 13.4. The summed E-state index contributed by atoms with van der Waals surface area (Å²) < 4.78 is 31.9. The van der Waals surface area contributed by atoms with E-state index in [-0.39, 0.29) is 25.4 Å². The molecule has 0 bridgehead atoms. The van der Waals surface area contributed by atoms with Crippen LogP contribution in [0.3, 0.4) is 0 Å². The average molecular weight is 342 g/mol. The van der Waals surface area contributed by atoms with Crippen LogP contribution in [0.15, 0.2) is 6.33 Å². The molecule has 1 N–H and O–H groups in total. The highest BCUT2D eigenvalue weighted by molar-refractivity contribution is 7.16. The molecular formula is C14H16F2N4O2S. The Morgan fingerprint density at radius 2 is 2.39 bits per heavy atom. The first-order valence-electron chi connectivity index (χ1n) is 7.33. The number of rotatable bonds is 4. The Morgan fingerprint density at radius 1 is 1.57 bits per heavy atom. The summed E-state index contributed by atoms with van der Waals surface area (Å²) >= 11 is 1.14. The van der Waals surface area contributed by atoms with Crippen LogP contribution in [0.5, 0.6) is 0 Å². The van der Waals surface area contributed by atoms with Gasteiger partial charge in [-0.2, -0.15) is 5.10 Å². The van der Waals surface area contributed by atoms with Crippen LogP contribution in [0, 0.1) is 12.8 Å². The molecule has 1 aliphatic carbocycles. The molecule has 9 heteroatoms. The Kier molecular flexibility index (Phi) is 4.38. The molecule has 2 heterocycles. The number of H-pyrrole nitrogens is 1. The first-order valence-corrected chi connectivity index (χ1v) is 8.14. The van der Waals surface area contributed by atoms with Crippen molar-refractivity contribution in [2.75, 3.05) is 6.61 Å². The second-order valence-corrected chi connectivity index (χ2v) is 6.68. The summed E-state index contributed by atoms with van der Waals surface area (Å²) in [5.74, 6) is -2.98. The number of aromatic nitrogens is 4. The molecular weight excluding hydrogens is 326 g/mol. The monoisotopic (exact) mass is 342 g/mol. The minimum absolute atomic E-state index is 0.0173. The lowest BCUT2D eigenvalue weighted by molar-refractivity contribution is -0.0626. The van der Waals surface area contributed by atoms with Crippen LogP contribution >= 0.6 is 11.3 Å². The van der Waals surface area contributed by atoms with E-state index in [1.807, 2.05) is 0 Å². The molecule has 23 heavy (non-hydrogen) atoms. The third kappa shape index (κ3) is 3.72. The largest absolute Gasteiger partial charge is 0.461 e. The number of nitrogens with zero attached hydrogens (tertiary/aromatic N) is 3. The van der Waals surface area contributed by atoms with Crippen molar-refractivity contribution in [3.63, 3.8) is 0 Å². The number of carbonyl (C=O) groups is 1. The van der Waals surface area contributed by atoms with Crippen molar-refractivity contribution in [1.82, 2.24) is 20.2 Å². The van der Waals surface area contributed by atoms with Gasteiger partial charge >= 0.3 is 5.97 Å². The molecule has 1 saturated carbocycles. The zero-order chi connectivity index (χ0) is 16.4. The van der Waals surface area contributed by atoms with Crippen molar-refractivity contribution in [2.24, 2.45) is 5.92 Å². The van der Waals surface area contributed by atoms with Gasteiger partial charge in [0.2, 0.25) is 5.92 Å². The SMILES string of the molecule is Cc1nc(-c2ncn[nH]2)sc1C(=O)OC[C@@H]1CCCC(F)(F)C1. The minimum atomic E-state index is -2.64. The number of esters is 1. The predicted molar refractivity (Wildman–Crippen MR) is 79.4 cm³/mol. The van der Waals surface area contributed by atoms with Crippen molar-refractivity contribution < 1.29 is 18.3 Å². The van der Waals surface area contributed by atoms with E-state index in [9.17, 15) is 13.6 Å². The zero-order valence-corrected chi connectivity index (χ0v) is 13.3. The molecule has 124 valence electrons. The summed E-state index contributed by atoms with van der Waals surface area (Å²) in [5, 5.41) is 6.95. The van der Waals surface area contributed by atoms with Gasteiger partial charge in [0.25, 0.3) is 0 Å². The van der Waals surface area contributed by atoms with Crippen LogP contribution in [-0.4, -0.2) is 38.7 Å². The van der Waals surface area contributed by atoms with Crippen molar-refractivity contribution in [3.05, 3.63) is 16.9 Å². The number of hydrogen-bond acceptors (Lipinski definition) is 6. The molecule has 3 rings (SSSR count). The number of nitrogens with one attached hydrogen (secondary N) is 1. The molecule has 0 spiro atoms. The first kappa shape index (κ1) is 16.0. The van der Waals surface area contributed by atoms with E-state index >= 15 is 0 Å². The molecule has 6 nitrogen and oxygen atoms in total. The molecule has 0 saturated heterocycles. The predicted octanol–water partition coefficient (Wildman–Crippen LogP) is 3.22. The summed E-state index contributed by atoms with van der Waals surface area (Å²) in [6, 6.07) is 0. The number of halogens is 2. The molecule has 0 amide bonds. The Bertz CT molecular complexity index is 687. The highest BCUT2D eigenvalue weighted by Crippen LogP contribution is 2.37. The van der Waals surface area contributed by atoms with E-state index in [4.69, 9.17) is 4.74 Å². The topological polar surface area (TPSA) is 80.8 Å². The molecule has 0 aliphatic heterocycles. The number of aromatic amines is 1. The fraction of sp³-hybridized carbons (Fsp3) is 0.571. The smallest absolute Gasteiger partial charge is 0.350 e. The summed E-state index contributed by atoms with van der Waals surface area (Å²) in [6.07, 6.45) is 2.18. The fourth-order valence-corrected chi connectivity index (χ4v) is 3.58. The van der Waals surface area contributed by atoms with Crippen LogP contribution in [0.4, 0.5) is 8.78 Å². The van der Waals surface area contributed by atoms with Gasteiger partial charge in [0.1, 0.15) is 11.2 Å². The number of carbonyl (C=O) groups excluding carboxylic acids is 1.